The number of ether oxygens (including phenoxy) is 3. The van der Waals surface area contributed by atoms with Crippen molar-refractivity contribution in [3.05, 3.63) is 77.4 Å². The summed E-state index contributed by atoms with van der Waals surface area (Å²) in [7, 11) is -2.38. The molecule has 0 fully saturated rings. The van der Waals surface area contributed by atoms with Gasteiger partial charge < -0.3 is 19.5 Å². The number of hydrogen-bond donors (Lipinski definition) is 2. The first-order chi connectivity index (χ1) is 16.3. The van der Waals surface area contributed by atoms with Crippen LogP contribution in [0.1, 0.15) is 34.5 Å². The summed E-state index contributed by atoms with van der Waals surface area (Å²) >= 11 is 0. The van der Waals surface area contributed by atoms with Gasteiger partial charge in [0.05, 0.1) is 18.0 Å². The van der Waals surface area contributed by atoms with Gasteiger partial charge in [0.25, 0.3) is 15.9 Å². The lowest BCUT2D eigenvalue weighted by Crippen LogP contribution is -2.27. The summed E-state index contributed by atoms with van der Waals surface area (Å²) < 4.78 is 44.9. The lowest BCUT2D eigenvalue weighted by molar-refractivity contribution is 0.0939. The fraction of sp³-hybridized carbons (Fsp3) is 0.240. The predicted octanol–water partition coefficient (Wildman–Crippen LogP) is 4.07. The highest BCUT2D eigenvalue weighted by Crippen LogP contribution is 2.32. The number of hydrogen-bond acceptors (Lipinski definition) is 6. The highest BCUT2D eigenvalue weighted by molar-refractivity contribution is 7.92. The maximum atomic E-state index is 13.0. The van der Waals surface area contributed by atoms with E-state index in [9.17, 15) is 13.2 Å². The molecule has 1 atom stereocenters. The molecule has 0 aliphatic carbocycles. The van der Waals surface area contributed by atoms with Crippen molar-refractivity contribution >= 4 is 21.6 Å². The Hall–Kier alpha value is -3.72. The van der Waals surface area contributed by atoms with Gasteiger partial charge in [-0.25, -0.2) is 8.42 Å². The molecule has 4 rings (SSSR count). The average molecular weight is 483 g/mol. The summed E-state index contributed by atoms with van der Waals surface area (Å²) in [5, 5.41) is 2.92. The van der Waals surface area contributed by atoms with Gasteiger partial charge in [-0.05, 0) is 73.5 Å². The molecule has 1 amide bonds. The number of fused-ring (bicyclic) bond motifs is 1. The van der Waals surface area contributed by atoms with E-state index in [0.29, 0.717) is 41.7 Å². The Labute approximate surface area is 198 Å². The molecule has 9 heteroatoms. The fourth-order valence-electron chi connectivity index (χ4n) is 3.59. The molecule has 8 nitrogen and oxygen atoms in total. The molecule has 0 spiro atoms. The first-order valence-electron chi connectivity index (χ1n) is 10.7. The standard InChI is InChI=1S/C25H26N2O6S/c1-16-4-5-19(15-24(16)34(29,30)27-20-7-9-21(31-3)10-8-20)25(28)26-17(2)18-6-11-22-23(14-18)33-13-12-32-22/h4-11,14-15,17,27H,12-13H2,1-3H3,(H,26,28). The van der Waals surface area contributed by atoms with E-state index in [4.69, 9.17) is 14.2 Å². The molecule has 0 aromatic heterocycles. The zero-order valence-corrected chi connectivity index (χ0v) is 19.9. The molecule has 34 heavy (non-hydrogen) atoms. The van der Waals surface area contributed by atoms with Crippen molar-refractivity contribution < 1.29 is 27.4 Å². The zero-order chi connectivity index (χ0) is 24.3. The van der Waals surface area contributed by atoms with Crippen LogP contribution in [0.5, 0.6) is 17.2 Å². The summed E-state index contributed by atoms with van der Waals surface area (Å²) in [6.45, 7) is 4.51. The first kappa shape index (κ1) is 23.4. The van der Waals surface area contributed by atoms with E-state index >= 15 is 0 Å². The number of nitrogens with one attached hydrogen (secondary N) is 2. The van der Waals surface area contributed by atoms with Gasteiger partial charge in [0.15, 0.2) is 11.5 Å². The van der Waals surface area contributed by atoms with Gasteiger partial charge in [0, 0.05) is 11.3 Å². The highest BCUT2D eigenvalue weighted by Gasteiger charge is 2.21. The number of sulfonamides is 1. The van der Waals surface area contributed by atoms with E-state index in [0.717, 1.165) is 5.56 Å². The second-order valence-electron chi connectivity index (χ2n) is 7.91. The van der Waals surface area contributed by atoms with Crippen LogP contribution in [0.25, 0.3) is 0 Å². The molecule has 1 unspecified atom stereocenters. The second kappa shape index (κ2) is 9.64. The monoisotopic (exact) mass is 482 g/mol. The molecular weight excluding hydrogens is 456 g/mol. The van der Waals surface area contributed by atoms with Gasteiger partial charge in [-0.3, -0.25) is 9.52 Å². The molecule has 0 radical (unpaired) electrons. The van der Waals surface area contributed by atoms with Crippen LogP contribution in [-0.2, 0) is 10.0 Å². The number of aryl methyl sites for hydroxylation is 1. The zero-order valence-electron chi connectivity index (χ0n) is 19.1. The highest BCUT2D eigenvalue weighted by atomic mass is 32.2. The summed E-state index contributed by atoms with van der Waals surface area (Å²) in [6.07, 6.45) is 0. The Morgan fingerprint density at radius 1 is 0.971 bits per heavy atom. The Morgan fingerprint density at radius 2 is 1.68 bits per heavy atom. The molecule has 1 aliphatic rings. The maximum absolute atomic E-state index is 13.0. The van der Waals surface area contributed by atoms with E-state index in [1.807, 2.05) is 25.1 Å². The van der Waals surface area contributed by atoms with E-state index < -0.39 is 10.0 Å². The Bertz CT molecular complexity index is 1310. The summed E-state index contributed by atoms with van der Waals surface area (Å²) in [5.74, 6) is 1.54. The largest absolute Gasteiger partial charge is 0.497 e. The van der Waals surface area contributed by atoms with E-state index in [-0.39, 0.29) is 22.4 Å². The third-order valence-electron chi connectivity index (χ3n) is 5.50. The molecule has 0 saturated carbocycles. The summed E-state index contributed by atoms with van der Waals surface area (Å²) in [5.41, 5.74) is 2.00. The minimum atomic E-state index is -3.91. The smallest absolute Gasteiger partial charge is 0.262 e. The van der Waals surface area contributed by atoms with Gasteiger partial charge in [0.1, 0.15) is 19.0 Å². The van der Waals surface area contributed by atoms with Crippen molar-refractivity contribution in [2.75, 3.05) is 25.0 Å². The second-order valence-corrected chi connectivity index (χ2v) is 9.56. The van der Waals surface area contributed by atoms with Crippen LogP contribution in [0.15, 0.2) is 65.6 Å². The maximum Gasteiger partial charge on any atom is 0.262 e. The van der Waals surface area contributed by atoms with Crippen LogP contribution in [-0.4, -0.2) is 34.6 Å². The third-order valence-corrected chi connectivity index (χ3v) is 7.02. The number of carbonyl (C=O) groups is 1. The Morgan fingerprint density at radius 3 is 2.38 bits per heavy atom. The summed E-state index contributed by atoms with van der Waals surface area (Å²) in [6, 6.07) is 16.3. The van der Waals surface area contributed by atoms with Crippen molar-refractivity contribution in [2.45, 2.75) is 24.8 Å². The fourth-order valence-corrected chi connectivity index (χ4v) is 4.92. The van der Waals surface area contributed by atoms with Gasteiger partial charge >= 0.3 is 0 Å². The van der Waals surface area contributed by atoms with E-state index in [2.05, 4.69) is 10.0 Å². The lowest BCUT2D eigenvalue weighted by Gasteiger charge is -2.21. The van der Waals surface area contributed by atoms with Crippen LogP contribution in [0.4, 0.5) is 5.69 Å². The van der Waals surface area contributed by atoms with Crippen LogP contribution >= 0.6 is 0 Å². The number of carbonyl (C=O) groups excluding carboxylic acids is 1. The third kappa shape index (κ3) is 5.09. The minimum Gasteiger partial charge on any atom is -0.497 e. The SMILES string of the molecule is COc1ccc(NS(=O)(=O)c2cc(C(=O)NC(C)c3ccc4c(c3)OCCO4)ccc2C)cc1. The van der Waals surface area contributed by atoms with Crippen molar-refractivity contribution in [2.24, 2.45) is 0 Å². The molecule has 3 aromatic carbocycles. The van der Waals surface area contributed by atoms with Crippen LogP contribution in [0.2, 0.25) is 0 Å². The quantitative estimate of drug-likeness (QED) is 0.526. The molecule has 1 heterocycles. The van der Waals surface area contributed by atoms with Gasteiger partial charge in [-0.1, -0.05) is 12.1 Å². The van der Waals surface area contributed by atoms with Gasteiger partial charge in [-0.2, -0.15) is 0 Å². The van der Waals surface area contributed by atoms with E-state index in [1.54, 1.807) is 43.3 Å². The molecule has 178 valence electrons. The van der Waals surface area contributed by atoms with Crippen LogP contribution in [0.3, 0.4) is 0 Å². The minimum absolute atomic E-state index is 0.0305. The Balaban J connectivity index is 1.51. The van der Waals surface area contributed by atoms with E-state index in [1.165, 1.54) is 13.2 Å². The molecule has 3 aromatic rings. The number of amides is 1. The van der Waals surface area contributed by atoms with Crippen molar-refractivity contribution in [3.8, 4) is 17.2 Å². The lowest BCUT2D eigenvalue weighted by atomic mass is 10.1. The molecule has 2 N–H and O–H groups in total. The van der Waals surface area contributed by atoms with Gasteiger partial charge in [-0.15, -0.1) is 0 Å². The molecule has 1 aliphatic heterocycles. The first-order valence-corrected chi connectivity index (χ1v) is 12.2. The van der Waals surface area contributed by atoms with Crippen LogP contribution in [0, 0.1) is 6.92 Å². The van der Waals surface area contributed by atoms with Gasteiger partial charge in [0.2, 0.25) is 0 Å². The average Bonchev–Trinajstić information content (AvgIpc) is 2.84. The topological polar surface area (TPSA) is 103 Å². The Kier molecular flexibility index (Phi) is 6.65. The predicted molar refractivity (Wildman–Crippen MR) is 128 cm³/mol. The van der Waals surface area contributed by atoms with Crippen molar-refractivity contribution in [1.29, 1.82) is 0 Å². The van der Waals surface area contributed by atoms with Crippen LogP contribution < -0.4 is 24.2 Å². The molecule has 0 saturated heterocycles. The molecule has 0 bridgehead atoms. The number of benzene rings is 3. The van der Waals surface area contributed by atoms with Crippen molar-refractivity contribution in [3.63, 3.8) is 0 Å². The summed E-state index contributed by atoms with van der Waals surface area (Å²) in [4.78, 5) is 13.0. The number of anilines is 1. The number of methoxy groups -OCH3 is 1. The van der Waals surface area contributed by atoms with Crippen molar-refractivity contribution in [1.82, 2.24) is 5.32 Å². The molecular formula is C25H26N2O6S. The number of rotatable bonds is 7. The normalized spacial score (nSPS) is 13.6.